The zero-order valence-electron chi connectivity index (χ0n) is 10.3. The standard InChI is InChI=1S/C11H16N4OS/c1-10(2,3)8-13-9(17-14-8)15-6-11(16,7-15)4-5-12/h16H,4,6-7H2,1-3H3. The smallest absolute Gasteiger partial charge is 0.205 e. The van der Waals surface area contributed by atoms with Crippen LogP contribution in [0.1, 0.15) is 33.0 Å². The highest BCUT2D eigenvalue weighted by Gasteiger charge is 2.42. The van der Waals surface area contributed by atoms with Crippen LogP contribution in [-0.2, 0) is 5.41 Å². The summed E-state index contributed by atoms with van der Waals surface area (Å²) >= 11 is 1.35. The Morgan fingerprint density at radius 3 is 2.65 bits per heavy atom. The number of hydrogen-bond acceptors (Lipinski definition) is 6. The lowest BCUT2D eigenvalue weighted by molar-refractivity contribution is 0.0166. The summed E-state index contributed by atoms with van der Waals surface area (Å²) in [5, 5.41) is 19.3. The molecule has 0 radical (unpaired) electrons. The fraction of sp³-hybridized carbons (Fsp3) is 0.727. The van der Waals surface area contributed by atoms with E-state index in [4.69, 9.17) is 5.26 Å². The first-order valence-electron chi connectivity index (χ1n) is 5.53. The van der Waals surface area contributed by atoms with Crippen LogP contribution >= 0.6 is 11.5 Å². The summed E-state index contributed by atoms with van der Waals surface area (Å²) in [4.78, 5) is 6.43. The lowest BCUT2D eigenvalue weighted by Crippen LogP contribution is -2.61. The predicted octanol–water partition coefficient (Wildman–Crippen LogP) is 1.30. The largest absolute Gasteiger partial charge is 0.385 e. The molecule has 0 aromatic carbocycles. The molecule has 1 fully saturated rings. The number of nitriles is 1. The molecule has 0 bridgehead atoms. The van der Waals surface area contributed by atoms with Crippen LogP contribution in [0.25, 0.3) is 0 Å². The third-order valence-electron chi connectivity index (χ3n) is 2.74. The molecule has 2 rings (SSSR count). The highest BCUT2D eigenvalue weighted by atomic mass is 32.1. The summed E-state index contributed by atoms with van der Waals surface area (Å²) in [5.74, 6) is 0.827. The molecule has 6 heteroatoms. The summed E-state index contributed by atoms with van der Waals surface area (Å²) in [6.07, 6.45) is 0.175. The Morgan fingerprint density at radius 2 is 2.18 bits per heavy atom. The fourth-order valence-corrected chi connectivity index (χ4v) is 2.56. The average Bonchev–Trinajstić information content (AvgIpc) is 2.61. The lowest BCUT2D eigenvalue weighted by Gasteiger charge is -2.44. The quantitative estimate of drug-likeness (QED) is 0.859. The van der Waals surface area contributed by atoms with Crippen molar-refractivity contribution in [3.8, 4) is 6.07 Å². The second-order valence-corrected chi connectivity index (χ2v) is 6.30. The topological polar surface area (TPSA) is 73.0 Å². The van der Waals surface area contributed by atoms with Gasteiger partial charge in [0.15, 0.2) is 0 Å². The number of hydrogen-bond donors (Lipinski definition) is 1. The molecule has 2 heterocycles. The van der Waals surface area contributed by atoms with Gasteiger partial charge in [0, 0.05) is 16.9 Å². The number of aliphatic hydroxyl groups is 1. The van der Waals surface area contributed by atoms with Gasteiger partial charge in [-0.05, 0) is 0 Å². The summed E-state index contributed by atoms with van der Waals surface area (Å²) in [7, 11) is 0. The maximum absolute atomic E-state index is 9.90. The molecule has 1 aromatic heterocycles. The van der Waals surface area contributed by atoms with Crippen molar-refractivity contribution in [1.82, 2.24) is 9.36 Å². The molecule has 1 aromatic rings. The van der Waals surface area contributed by atoms with Gasteiger partial charge in [0.1, 0.15) is 11.4 Å². The maximum atomic E-state index is 9.90. The van der Waals surface area contributed by atoms with Crippen molar-refractivity contribution >= 4 is 16.7 Å². The first kappa shape index (κ1) is 12.3. The van der Waals surface area contributed by atoms with E-state index in [-0.39, 0.29) is 11.8 Å². The van der Waals surface area contributed by atoms with E-state index in [1.165, 1.54) is 11.5 Å². The molecule has 0 aliphatic carbocycles. The van der Waals surface area contributed by atoms with Gasteiger partial charge in [-0.3, -0.25) is 0 Å². The first-order valence-corrected chi connectivity index (χ1v) is 6.30. The molecular weight excluding hydrogens is 236 g/mol. The molecule has 0 spiro atoms. The molecule has 17 heavy (non-hydrogen) atoms. The molecule has 0 saturated carbocycles. The molecule has 5 nitrogen and oxygen atoms in total. The zero-order chi connectivity index (χ0) is 12.7. The number of rotatable bonds is 2. The van der Waals surface area contributed by atoms with E-state index >= 15 is 0 Å². The number of nitrogens with zero attached hydrogens (tertiary/aromatic N) is 4. The van der Waals surface area contributed by atoms with E-state index < -0.39 is 5.60 Å². The molecule has 92 valence electrons. The highest BCUT2D eigenvalue weighted by molar-refractivity contribution is 7.09. The van der Waals surface area contributed by atoms with Crippen molar-refractivity contribution in [1.29, 1.82) is 5.26 Å². The van der Waals surface area contributed by atoms with Gasteiger partial charge >= 0.3 is 0 Å². The van der Waals surface area contributed by atoms with E-state index in [9.17, 15) is 5.11 Å². The molecule has 0 unspecified atom stereocenters. The number of aromatic nitrogens is 2. The molecule has 0 amide bonds. The number of anilines is 1. The Labute approximate surface area is 105 Å². The van der Waals surface area contributed by atoms with Crippen LogP contribution in [0.3, 0.4) is 0 Å². The fourth-order valence-electron chi connectivity index (χ4n) is 1.71. The second-order valence-electron chi connectivity index (χ2n) is 5.57. The lowest BCUT2D eigenvalue weighted by atomic mass is 9.92. The molecule has 1 N–H and O–H groups in total. The number of β-amino-alcohol motifs (C(OH)–C–C–N with tert-alkyl or cyclic N) is 1. The van der Waals surface area contributed by atoms with Crippen LogP contribution in [-0.4, -0.2) is 33.2 Å². The van der Waals surface area contributed by atoms with Gasteiger partial charge in [-0.2, -0.15) is 9.64 Å². The van der Waals surface area contributed by atoms with E-state index in [0.29, 0.717) is 13.1 Å². The van der Waals surface area contributed by atoms with Crippen LogP contribution in [0, 0.1) is 11.3 Å². The van der Waals surface area contributed by atoms with Gasteiger partial charge in [-0.25, -0.2) is 4.98 Å². The third-order valence-corrected chi connectivity index (χ3v) is 3.51. The molecule has 0 atom stereocenters. The SMILES string of the molecule is CC(C)(C)c1nsc(N2CC(O)(CC#N)C2)n1. The monoisotopic (exact) mass is 252 g/mol. The normalized spacial score (nSPS) is 18.6. The van der Waals surface area contributed by atoms with Crippen molar-refractivity contribution in [2.24, 2.45) is 0 Å². The third kappa shape index (κ3) is 2.40. The van der Waals surface area contributed by atoms with Crippen LogP contribution in [0.2, 0.25) is 0 Å². The Kier molecular flexibility index (Phi) is 2.84. The van der Waals surface area contributed by atoms with Crippen molar-refractivity contribution < 1.29 is 5.11 Å². The summed E-state index contributed by atoms with van der Waals surface area (Å²) in [6, 6.07) is 2.00. The Balaban J connectivity index is 2.03. The van der Waals surface area contributed by atoms with E-state index in [1.54, 1.807) is 0 Å². The molecule has 1 saturated heterocycles. The Morgan fingerprint density at radius 1 is 1.53 bits per heavy atom. The van der Waals surface area contributed by atoms with Gasteiger partial charge in [0.2, 0.25) is 5.13 Å². The summed E-state index contributed by atoms with van der Waals surface area (Å²) in [6.45, 7) is 7.15. The van der Waals surface area contributed by atoms with Crippen LogP contribution in [0.15, 0.2) is 0 Å². The highest BCUT2D eigenvalue weighted by Crippen LogP contribution is 2.32. The van der Waals surface area contributed by atoms with Gasteiger partial charge in [-0.1, -0.05) is 20.8 Å². The minimum absolute atomic E-state index is 0.0530. The van der Waals surface area contributed by atoms with Crippen molar-refractivity contribution in [3.63, 3.8) is 0 Å². The minimum Gasteiger partial charge on any atom is -0.385 e. The van der Waals surface area contributed by atoms with Crippen LogP contribution < -0.4 is 4.90 Å². The average molecular weight is 252 g/mol. The van der Waals surface area contributed by atoms with Crippen molar-refractivity contribution in [2.75, 3.05) is 18.0 Å². The van der Waals surface area contributed by atoms with Gasteiger partial charge in [-0.15, -0.1) is 0 Å². The maximum Gasteiger partial charge on any atom is 0.205 e. The van der Waals surface area contributed by atoms with Crippen LogP contribution in [0.4, 0.5) is 5.13 Å². The van der Waals surface area contributed by atoms with Gasteiger partial charge < -0.3 is 10.0 Å². The molecule has 1 aliphatic heterocycles. The van der Waals surface area contributed by atoms with E-state index in [1.807, 2.05) is 11.0 Å². The Hall–Kier alpha value is -1.19. The second kappa shape index (κ2) is 3.93. The molecular formula is C11H16N4OS. The first-order chi connectivity index (χ1) is 7.84. The summed E-state index contributed by atoms with van der Waals surface area (Å²) in [5.41, 5.74) is -0.912. The van der Waals surface area contributed by atoms with Crippen molar-refractivity contribution in [2.45, 2.75) is 38.2 Å². The van der Waals surface area contributed by atoms with E-state index in [0.717, 1.165) is 11.0 Å². The Bertz CT molecular complexity index is 451. The zero-order valence-corrected chi connectivity index (χ0v) is 11.1. The predicted molar refractivity (Wildman–Crippen MR) is 66.0 cm³/mol. The van der Waals surface area contributed by atoms with Crippen LogP contribution in [0.5, 0.6) is 0 Å². The summed E-state index contributed by atoms with van der Waals surface area (Å²) < 4.78 is 4.33. The van der Waals surface area contributed by atoms with E-state index in [2.05, 4.69) is 30.1 Å². The van der Waals surface area contributed by atoms with Crippen molar-refractivity contribution in [3.05, 3.63) is 5.82 Å². The molecule has 1 aliphatic rings. The van der Waals surface area contributed by atoms with Gasteiger partial charge in [0.25, 0.3) is 0 Å². The van der Waals surface area contributed by atoms with Gasteiger partial charge in [0.05, 0.1) is 25.6 Å². The minimum atomic E-state index is -0.859.